The third-order valence-corrected chi connectivity index (χ3v) is 6.83. The number of hydrogen-bond donors (Lipinski definition) is 2. The smallest absolute Gasteiger partial charge is 0.261 e. The topological polar surface area (TPSA) is 109 Å². The first-order valence-corrected chi connectivity index (χ1v) is 11.6. The van der Waals surface area contributed by atoms with E-state index in [0.717, 1.165) is 10.4 Å². The van der Waals surface area contributed by atoms with Crippen molar-refractivity contribution in [1.82, 2.24) is 29.3 Å². The molecule has 4 aromatic rings. The first-order chi connectivity index (χ1) is 16.7. The molecule has 0 bridgehead atoms. The average Bonchev–Trinajstić information content (AvgIpc) is 3.54. The molecule has 4 aromatic heterocycles. The molecule has 1 aliphatic heterocycles. The lowest BCUT2D eigenvalue weighted by Crippen LogP contribution is -2.33. The molecule has 35 heavy (non-hydrogen) atoms. The van der Waals surface area contributed by atoms with Crippen LogP contribution in [0.5, 0.6) is 0 Å². The maximum absolute atomic E-state index is 13.4. The fraction of sp³-hybridized carbons (Fsp3) is 0.318. The number of aryl methyl sites for hydroxylation is 2. The van der Waals surface area contributed by atoms with Crippen LogP contribution in [0.15, 0.2) is 37.1 Å². The number of alkyl halides is 2. The second-order valence-corrected chi connectivity index (χ2v) is 9.51. The van der Waals surface area contributed by atoms with Gasteiger partial charge in [0.25, 0.3) is 11.8 Å². The van der Waals surface area contributed by atoms with E-state index in [-0.39, 0.29) is 25.4 Å². The van der Waals surface area contributed by atoms with Crippen molar-refractivity contribution in [3.63, 3.8) is 0 Å². The summed E-state index contributed by atoms with van der Waals surface area (Å²) in [5.41, 5.74) is 2.66. The number of rotatable bonds is 6. The van der Waals surface area contributed by atoms with E-state index in [2.05, 4.69) is 25.8 Å². The van der Waals surface area contributed by atoms with E-state index < -0.39 is 18.4 Å². The first-order valence-electron chi connectivity index (χ1n) is 10.8. The molecule has 2 amide bonds. The van der Waals surface area contributed by atoms with E-state index in [1.54, 1.807) is 28.4 Å². The predicted octanol–water partition coefficient (Wildman–Crippen LogP) is 3.03. The zero-order valence-electron chi connectivity index (χ0n) is 19.0. The molecule has 0 radical (unpaired) electrons. The largest absolute Gasteiger partial charge is 0.324 e. The van der Waals surface area contributed by atoms with Gasteiger partial charge in [0.2, 0.25) is 5.91 Å². The Morgan fingerprint density at radius 3 is 2.71 bits per heavy atom. The van der Waals surface area contributed by atoms with Crippen molar-refractivity contribution in [2.75, 3.05) is 30.3 Å². The molecule has 182 valence electrons. The van der Waals surface area contributed by atoms with Crippen LogP contribution in [-0.2, 0) is 11.8 Å². The van der Waals surface area contributed by atoms with E-state index in [1.165, 1.54) is 28.6 Å². The van der Waals surface area contributed by atoms with Crippen LogP contribution < -0.4 is 10.6 Å². The third kappa shape index (κ3) is 4.91. The van der Waals surface area contributed by atoms with Crippen LogP contribution >= 0.6 is 11.3 Å². The molecule has 0 spiro atoms. The number of amides is 2. The van der Waals surface area contributed by atoms with Crippen molar-refractivity contribution in [2.24, 2.45) is 7.05 Å². The van der Waals surface area contributed by atoms with Gasteiger partial charge >= 0.3 is 0 Å². The first kappa shape index (κ1) is 23.1. The SMILES string of the molecule is Cc1ncc(NC(=O)CN2CCC(F)(F)C2)cc1NC(=O)c1cnn2cc(-c3cnn(C)c3)sc12. The standard InChI is InChI=1S/C22H22F2N8O2S/c1-13-17(5-15(7-25-13)28-19(33)11-31-4-3-22(23,24)12-31)29-20(34)16-8-27-32-10-18(35-21(16)32)14-6-26-30(2)9-14/h5-10H,3-4,11-12H2,1-2H3,(H,28,33)(H,29,34). The van der Waals surface area contributed by atoms with Gasteiger partial charge < -0.3 is 10.6 Å². The molecule has 1 saturated heterocycles. The minimum Gasteiger partial charge on any atom is -0.324 e. The van der Waals surface area contributed by atoms with E-state index >= 15 is 0 Å². The predicted molar refractivity (Wildman–Crippen MR) is 127 cm³/mol. The molecule has 5 rings (SSSR count). The van der Waals surface area contributed by atoms with Gasteiger partial charge in [0.15, 0.2) is 0 Å². The monoisotopic (exact) mass is 500 g/mol. The second kappa shape index (κ2) is 8.82. The number of nitrogens with one attached hydrogen (secondary N) is 2. The summed E-state index contributed by atoms with van der Waals surface area (Å²) in [5.74, 6) is -3.55. The highest BCUT2D eigenvalue weighted by Crippen LogP contribution is 2.31. The van der Waals surface area contributed by atoms with Gasteiger partial charge in [0, 0.05) is 38.0 Å². The molecule has 5 heterocycles. The van der Waals surface area contributed by atoms with Gasteiger partial charge in [-0.2, -0.15) is 10.2 Å². The molecule has 0 aliphatic carbocycles. The van der Waals surface area contributed by atoms with Crippen molar-refractivity contribution >= 4 is 39.4 Å². The summed E-state index contributed by atoms with van der Waals surface area (Å²) in [7, 11) is 1.83. The van der Waals surface area contributed by atoms with Gasteiger partial charge in [-0.1, -0.05) is 0 Å². The van der Waals surface area contributed by atoms with Gasteiger partial charge in [0.1, 0.15) is 4.83 Å². The van der Waals surface area contributed by atoms with Gasteiger partial charge in [-0.15, -0.1) is 11.3 Å². The number of fused-ring (bicyclic) bond motifs is 1. The Labute approximate surface area is 202 Å². The van der Waals surface area contributed by atoms with E-state index in [1.807, 2.05) is 19.4 Å². The highest BCUT2D eigenvalue weighted by molar-refractivity contribution is 7.21. The number of thiazole rings is 1. The van der Waals surface area contributed by atoms with E-state index in [9.17, 15) is 18.4 Å². The van der Waals surface area contributed by atoms with Crippen molar-refractivity contribution < 1.29 is 18.4 Å². The van der Waals surface area contributed by atoms with Crippen molar-refractivity contribution in [1.29, 1.82) is 0 Å². The van der Waals surface area contributed by atoms with Crippen LogP contribution in [0.2, 0.25) is 0 Å². The summed E-state index contributed by atoms with van der Waals surface area (Å²) in [6.07, 6.45) is 8.17. The number of carbonyl (C=O) groups is 2. The summed E-state index contributed by atoms with van der Waals surface area (Å²) in [6, 6.07) is 1.59. The van der Waals surface area contributed by atoms with Crippen LogP contribution in [0.1, 0.15) is 22.5 Å². The molecule has 1 fully saturated rings. The Hall–Kier alpha value is -3.71. The quantitative estimate of drug-likeness (QED) is 0.421. The lowest BCUT2D eigenvalue weighted by molar-refractivity contribution is -0.117. The molecule has 0 saturated carbocycles. The zero-order valence-corrected chi connectivity index (χ0v) is 19.8. The molecule has 0 aromatic carbocycles. The van der Waals surface area contributed by atoms with Crippen LogP contribution in [0.25, 0.3) is 15.3 Å². The minimum absolute atomic E-state index is 0.142. The highest BCUT2D eigenvalue weighted by Gasteiger charge is 2.38. The van der Waals surface area contributed by atoms with Crippen molar-refractivity contribution in [3.05, 3.63) is 48.3 Å². The number of anilines is 2. The molecule has 13 heteroatoms. The molecule has 0 atom stereocenters. The number of pyridine rings is 1. The number of aromatic nitrogens is 5. The molecule has 0 unspecified atom stereocenters. The molecular formula is C22H22F2N8O2S. The van der Waals surface area contributed by atoms with Crippen LogP contribution in [0.4, 0.5) is 20.2 Å². The Morgan fingerprint density at radius 1 is 1.17 bits per heavy atom. The van der Waals surface area contributed by atoms with Crippen LogP contribution in [-0.4, -0.2) is 66.6 Å². The Balaban J connectivity index is 1.29. The summed E-state index contributed by atoms with van der Waals surface area (Å²) in [5, 5.41) is 13.9. The summed E-state index contributed by atoms with van der Waals surface area (Å²) < 4.78 is 30.1. The van der Waals surface area contributed by atoms with E-state index in [0.29, 0.717) is 27.5 Å². The number of likely N-dealkylation sites (tertiary alicyclic amines) is 1. The molecule has 1 aliphatic rings. The normalized spacial score (nSPS) is 15.5. The second-order valence-electron chi connectivity index (χ2n) is 8.48. The molecule has 2 N–H and O–H groups in total. The number of halogens is 2. The fourth-order valence-corrected chi connectivity index (χ4v) is 4.92. The van der Waals surface area contributed by atoms with Crippen LogP contribution in [0, 0.1) is 6.92 Å². The highest BCUT2D eigenvalue weighted by atomic mass is 32.1. The number of nitrogens with zero attached hydrogens (tertiary/aromatic N) is 6. The number of hydrogen-bond acceptors (Lipinski definition) is 7. The van der Waals surface area contributed by atoms with Gasteiger partial charge in [-0.3, -0.25) is 24.2 Å². The Bertz CT molecular complexity index is 1430. The number of carbonyl (C=O) groups excluding carboxylic acids is 2. The van der Waals surface area contributed by atoms with E-state index in [4.69, 9.17) is 0 Å². The lowest BCUT2D eigenvalue weighted by Gasteiger charge is -2.15. The lowest BCUT2D eigenvalue weighted by atomic mass is 10.2. The zero-order chi connectivity index (χ0) is 24.7. The molecular weight excluding hydrogens is 478 g/mol. The van der Waals surface area contributed by atoms with Crippen LogP contribution in [0.3, 0.4) is 0 Å². The van der Waals surface area contributed by atoms with Gasteiger partial charge in [0.05, 0.1) is 59.2 Å². The fourth-order valence-electron chi connectivity index (χ4n) is 3.89. The summed E-state index contributed by atoms with van der Waals surface area (Å²) in [4.78, 5) is 32.6. The Kier molecular flexibility index (Phi) is 5.81. The van der Waals surface area contributed by atoms with Gasteiger partial charge in [-0.05, 0) is 13.0 Å². The third-order valence-electron chi connectivity index (χ3n) is 5.66. The molecule has 10 nitrogen and oxygen atoms in total. The maximum atomic E-state index is 13.4. The summed E-state index contributed by atoms with van der Waals surface area (Å²) >= 11 is 1.42. The van der Waals surface area contributed by atoms with Crippen molar-refractivity contribution in [2.45, 2.75) is 19.3 Å². The van der Waals surface area contributed by atoms with Gasteiger partial charge in [-0.25, -0.2) is 13.3 Å². The maximum Gasteiger partial charge on any atom is 0.261 e. The summed E-state index contributed by atoms with van der Waals surface area (Å²) in [6.45, 7) is 1.32. The minimum atomic E-state index is -2.76. The van der Waals surface area contributed by atoms with Crippen molar-refractivity contribution in [3.8, 4) is 10.4 Å². The average molecular weight is 501 g/mol. The Morgan fingerprint density at radius 2 is 2.00 bits per heavy atom.